The lowest BCUT2D eigenvalue weighted by molar-refractivity contribution is -0.361. The minimum Gasteiger partial charge on any atom is -0.461 e. The Morgan fingerprint density at radius 2 is 2.00 bits per heavy atom. The van der Waals surface area contributed by atoms with Crippen LogP contribution in [0.3, 0.4) is 0 Å². The maximum absolute atomic E-state index is 12.2. The number of urea groups is 1. The number of esters is 1. The first kappa shape index (κ1) is 30.3. The largest absolute Gasteiger partial charge is 0.461 e. The molecule has 4 N–H and O–H groups in total. The van der Waals surface area contributed by atoms with E-state index in [-0.39, 0.29) is 50.4 Å². The molecule has 4 aliphatic rings. The summed E-state index contributed by atoms with van der Waals surface area (Å²) in [5, 5.41) is 29.6. The summed E-state index contributed by atoms with van der Waals surface area (Å²) in [5.41, 5.74) is 1.54. The number of thioether (sulfide) groups is 1. The highest BCUT2D eigenvalue weighted by atomic mass is 32.2. The number of carbonyl (C=O) groups excluding carboxylic acids is 2. The summed E-state index contributed by atoms with van der Waals surface area (Å²) in [4.78, 5) is 27.5. The zero-order chi connectivity index (χ0) is 28.8. The minimum atomic E-state index is -1.30. The molecule has 1 aromatic rings. The number of aliphatic hydroxyl groups excluding tert-OH is 2. The Kier molecular flexibility index (Phi) is 10.6. The van der Waals surface area contributed by atoms with Gasteiger partial charge in [-0.05, 0) is 30.6 Å². The third-order valence-electron chi connectivity index (χ3n) is 7.59. The van der Waals surface area contributed by atoms with Gasteiger partial charge in [-0.2, -0.15) is 11.8 Å². The molecule has 2 unspecified atom stereocenters. The van der Waals surface area contributed by atoms with E-state index < -0.39 is 37.0 Å². The lowest BCUT2D eigenvalue weighted by Crippen LogP contribution is -2.62. The van der Waals surface area contributed by atoms with Gasteiger partial charge in [0, 0.05) is 23.0 Å². The first-order chi connectivity index (χ1) is 19.9. The molecule has 0 spiro atoms. The Labute approximate surface area is 247 Å². The number of hydrogen-bond donors (Lipinski definition) is 4. The Hall–Kier alpha value is -2.13. The number of fused-ring (bicyclic) bond motifs is 2. The number of aliphatic imine (C=N–C) groups is 1. The van der Waals surface area contributed by atoms with E-state index in [1.807, 2.05) is 36.0 Å². The van der Waals surface area contributed by atoms with Crippen LogP contribution in [0.5, 0.6) is 0 Å². The van der Waals surface area contributed by atoms with Gasteiger partial charge in [-0.3, -0.25) is 4.79 Å². The molecule has 0 saturated carbocycles. The number of benzene rings is 1. The van der Waals surface area contributed by atoms with Crippen molar-refractivity contribution in [3.8, 4) is 0 Å². The van der Waals surface area contributed by atoms with Crippen LogP contribution < -0.4 is 10.6 Å². The maximum atomic E-state index is 12.2. The van der Waals surface area contributed by atoms with Crippen molar-refractivity contribution >= 4 is 41.1 Å². The number of aliphatic hydroxyl groups is 2. The molecule has 0 aliphatic carbocycles. The summed E-state index contributed by atoms with van der Waals surface area (Å²) in [6, 6.07) is 7.59. The Morgan fingerprint density at radius 1 is 1.17 bits per heavy atom. The fourth-order valence-corrected chi connectivity index (χ4v) is 7.04. The third kappa shape index (κ3) is 7.64. The summed E-state index contributed by atoms with van der Waals surface area (Å²) in [7, 11) is 0. The summed E-state index contributed by atoms with van der Waals surface area (Å²) < 4.78 is 28.4. The van der Waals surface area contributed by atoms with E-state index in [1.54, 1.807) is 0 Å². The first-order valence-electron chi connectivity index (χ1n) is 13.8. The van der Waals surface area contributed by atoms with Crippen molar-refractivity contribution in [1.29, 1.82) is 0 Å². The molecule has 1 aromatic carbocycles. The van der Waals surface area contributed by atoms with Gasteiger partial charge in [0.1, 0.15) is 31.0 Å². The highest BCUT2D eigenvalue weighted by Gasteiger charge is 2.49. The van der Waals surface area contributed by atoms with E-state index in [4.69, 9.17) is 23.7 Å². The number of unbranched alkanes of at least 4 members (excludes halogenated alkanes) is 1. The second-order valence-corrected chi connectivity index (χ2v) is 11.9. The number of amides is 2. The average molecular weight is 616 g/mol. The van der Waals surface area contributed by atoms with Gasteiger partial charge >= 0.3 is 12.0 Å². The number of carbonyl (C=O) groups is 2. The van der Waals surface area contributed by atoms with Gasteiger partial charge in [0.15, 0.2) is 12.6 Å². The van der Waals surface area contributed by atoms with Crippen molar-refractivity contribution < 1.29 is 43.5 Å². The molecule has 41 heavy (non-hydrogen) atoms. The number of ether oxygens (including phenoxy) is 5. The van der Waals surface area contributed by atoms with Crippen LogP contribution in [0.1, 0.15) is 43.1 Å². The molecule has 5 rings (SSSR count). The van der Waals surface area contributed by atoms with E-state index >= 15 is 0 Å². The fourth-order valence-electron chi connectivity index (χ4n) is 5.41. The Balaban J connectivity index is 1.01. The van der Waals surface area contributed by atoms with Crippen molar-refractivity contribution in [2.75, 3.05) is 25.5 Å². The number of nitrogens with zero attached hydrogens (tertiary/aromatic N) is 1. The molecule has 9 atom stereocenters. The average Bonchev–Trinajstić information content (AvgIpc) is 3.54. The molecule has 14 heteroatoms. The van der Waals surface area contributed by atoms with Crippen LogP contribution in [0.15, 0.2) is 29.3 Å². The molecule has 0 bridgehead atoms. The quantitative estimate of drug-likeness (QED) is 0.0674. The molecule has 2 amide bonds. The smallest absolute Gasteiger partial charge is 0.315 e. The van der Waals surface area contributed by atoms with Crippen LogP contribution in [0.2, 0.25) is 0 Å². The van der Waals surface area contributed by atoms with E-state index in [2.05, 4.69) is 33.0 Å². The van der Waals surface area contributed by atoms with Crippen LogP contribution in [0, 0.1) is 0 Å². The Morgan fingerprint density at radius 3 is 2.80 bits per heavy atom. The van der Waals surface area contributed by atoms with Crippen molar-refractivity contribution in [3.63, 3.8) is 0 Å². The topological polar surface area (TPSA) is 157 Å². The van der Waals surface area contributed by atoms with Gasteiger partial charge in [-0.25, -0.2) is 9.79 Å². The van der Waals surface area contributed by atoms with E-state index in [0.29, 0.717) is 11.7 Å². The van der Waals surface area contributed by atoms with Gasteiger partial charge < -0.3 is 44.5 Å². The van der Waals surface area contributed by atoms with E-state index in [0.717, 1.165) is 36.1 Å². The number of hydrogen-bond acceptors (Lipinski definition) is 12. The molecule has 12 nitrogen and oxygen atoms in total. The van der Waals surface area contributed by atoms with E-state index in [9.17, 15) is 19.8 Å². The van der Waals surface area contributed by atoms with Gasteiger partial charge in [-0.1, -0.05) is 30.7 Å². The highest BCUT2D eigenvalue weighted by molar-refractivity contribution is 8.00. The van der Waals surface area contributed by atoms with Crippen molar-refractivity contribution in [3.05, 3.63) is 35.4 Å². The van der Waals surface area contributed by atoms with Gasteiger partial charge in [0.05, 0.1) is 37.0 Å². The number of rotatable bonds is 12. The second kappa shape index (κ2) is 14.4. The molecule has 4 fully saturated rings. The summed E-state index contributed by atoms with van der Waals surface area (Å²) in [6.07, 6.45) is -2.79. The predicted octanol–water partition coefficient (Wildman–Crippen LogP) is 1.44. The molecule has 224 valence electrons. The van der Waals surface area contributed by atoms with Crippen LogP contribution in [0.4, 0.5) is 4.79 Å². The maximum Gasteiger partial charge on any atom is 0.315 e. The molecular formula is C27H35N3O9S2. The molecule has 0 radical (unpaired) electrons. The normalized spacial score (nSPS) is 34.1. The first-order valence-corrected chi connectivity index (χ1v) is 15.3. The molecular weight excluding hydrogens is 580 g/mol. The molecule has 0 aromatic heterocycles. The zero-order valence-corrected chi connectivity index (χ0v) is 24.0. The monoisotopic (exact) mass is 615 g/mol. The summed E-state index contributed by atoms with van der Waals surface area (Å²) in [6.45, 7) is 0.725. The lowest BCUT2D eigenvalue weighted by Gasteiger charge is -2.46. The van der Waals surface area contributed by atoms with Gasteiger partial charge in [0.2, 0.25) is 0 Å². The van der Waals surface area contributed by atoms with Crippen molar-refractivity contribution in [1.82, 2.24) is 10.6 Å². The summed E-state index contributed by atoms with van der Waals surface area (Å²) in [5.74, 6) is 0.682. The standard InChI is InChI=1S/C27H35N3O9S2/c31-20(4-2-1-3-19-21-17(13-41-19)29-27(34)30-21)36-11-15-5-7-16(8-6-15)25-37-12-18-24(39-25)22(32)23(33)26(38-18)35-10-9-28-14-40/h5-8,17-19,21-26,32-33H,1-4,9-13H2,(H2,29,30,34)/t17-,18+,19-,21-,22+,23+,24?,25?,26+/m0/s1/i12+1,18+1,22+1,23+1,24+1,26+1. The third-order valence-corrected chi connectivity index (χ3v) is 9.23. The van der Waals surface area contributed by atoms with Crippen LogP contribution in [-0.2, 0) is 35.1 Å². The van der Waals surface area contributed by atoms with Gasteiger partial charge in [0.25, 0.3) is 0 Å². The lowest BCUT2D eigenvalue weighted by atomic mass is 10.0. The predicted molar refractivity (Wildman–Crippen MR) is 150 cm³/mol. The van der Waals surface area contributed by atoms with Crippen LogP contribution in [0.25, 0.3) is 0 Å². The van der Waals surface area contributed by atoms with E-state index in [1.165, 1.54) is 0 Å². The zero-order valence-electron chi connectivity index (χ0n) is 22.4. The molecule has 4 heterocycles. The number of thiocarbonyl (C=S) groups is 1. The van der Waals surface area contributed by atoms with Crippen LogP contribution >= 0.6 is 24.0 Å². The van der Waals surface area contributed by atoms with Crippen molar-refractivity contribution in [2.24, 2.45) is 4.99 Å². The SMILES string of the molecule is O=C1N[C@H]2[C@H](CS[C@H]2CCCCC(=O)OCc2ccc(C3O[13CH2][13C@H]4O[13C@@H](OCCN=C=S)[13C@H](O)[13C@@H](O)[13CH]4O3)cc2)N1. The Bertz CT molecular complexity index is 1100. The molecule has 4 aliphatic heterocycles. The summed E-state index contributed by atoms with van der Waals surface area (Å²) >= 11 is 6.38. The van der Waals surface area contributed by atoms with Crippen LogP contribution in [-0.4, -0.2) is 101 Å². The second-order valence-electron chi connectivity index (χ2n) is 10.4. The highest BCUT2D eigenvalue weighted by Crippen LogP contribution is 2.35. The number of isothiocyanates is 1. The fraction of sp³-hybridized carbons (Fsp3) is 0.667. The van der Waals surface area contributed by atoms with Crippen molar-refractivity contribution in [2.45, 2.75) is 86.6 Å². The number of nitrogens with one attached hydrogen (secondary N) is 2. The van der Waals surface area contributed by atoms with Gasteiger partial charge in [-0.15, -0.1) is 0 Å². The minimum absolute atomic E-state index is 0.0860. The molecule has 4 saturated heterocycles.